The first-order valence-electron chi connectivity index (χ1n) is 40.5. The minimum Gasteiger partial charge on any atom is -0.276 e. The number of aryl methyl sites for hydroxylation is 5. The van der Waals surface area contributed by atoms with Crippen LogP contribution in [0.2, 0.25) is 20.1 Å². The molecular weight excluding hydrogens is 1760 g/mol. The maximum atomic E-state index is 14.7. The summed E-state index contributed by atoms with van der Waals surface area (Å²) >= 11 is 28.6. The van der Waals surface area contributed by atoms with Gasteiger partial charge in [-0.15, -0.1) is 22.7 Å². The van der Waals surface area contributed by atoms with Crippen LogP contribution in [0.3, 0.4) is 0 Å². The van der Waals surface area contributed by atoms with Crippen LogP contribution < -0.4 is 0 Å². The van der Waals surface area contributed by atoms with Gasteiger partial charge in [-0.3, -0.25) is 40.0 Å². The summed E-state index contributed by atoms with van der Waals surface area (Å²) in [5.74, 6) is -0.610. The number of hydrogen-bond donors (Lipinski definition) is 1. The van der Waals surface area contributed by atoms with E-state index in [1.165, 1.54) is 28.7 Å². The van der Waals surface area contributed by atoms with Crippen molar-refractivity contribution in [1.82, 2.24) is 80.0 Å². The fourth-order valence-corrected chi connectivity index (χ4v) is 17.7. The summed E-state index contributed by atoms with van der Waals surface area (Å²) in [5, 5.41) is 58.6. The van der Waals surface area contributed by atoms with Gasteiger partial charge < -0.3 is 0 Å². The SMILES string of the molecule is Cc1cnc(-c2cc(Cl)c3[nH]ncc3c2)c(-c2cccc(C#N)c2C)n1.Cc1cnc(-c2cc(Cl)c3ncccc3c2)c(-c2cccc(C#N)c2C)n1.Cc1cnc(-c2cc(Cl)c3ncsc3c2)c(-c2cccc(C#N)c2C)n1.Cc1cnc(-c2cc(Cl)c3ncsc3c2)c(-c2cccc(C#N)c2F)n1.Cc1cnc(-c2ccc3ncccc3c2)c(-c2cccc(C#N)c2C)n1. The van der Waals surface area contributed by atoms with Gasteiger partial charge in [-0.1, -0.05) is 119 Å². The van der Waals surface area contributed by atoms with E-state index in [1.807, 2.05) is 201 Å². The molecular formula is C103H68Cl4FN21S2. The Kier molecular flexibility index (Phi) is 26.3. The van der Waals surface area contributed by atoms with Crippen LogP contribution in [0.5, 0.6) is 0 Å². The average Bonchev–Trinajstić information content (AvgIpc) is 1.76. The van der Waals surface area contributed by atoms with Gasteiger partial charge in [0.05, 0.1) is 212 Å². The number of H-pyrrole nitrogens is 1. The molecule has 0 unspecified atom stereocenters. The number of rotatable bonds is 10. The van der Waals surface area contributed by atoms with Crippen LogP contribution in [-0.4, -0.2) is 80.0 Å². The molecule has 20 aromatic rings. The molecule has 0 atom stereocenters. The zero-order valence-corrected chi connectivity index (χ0v) is 75.9. The first-order chi connectivity index (χ1) is 63.5. The molecule has 0 aliphatic carbocycles. The summed E-state index contributed by atoms with van der Waals surface area (Å²) < 4.78 is 16.7. The number of thiazole rings is 2. The summed E-state index contributed by atoms with van der Waals surface area (Å²) in [5.41, 5.74) is 32.5. The number of aromatic amines is 1. The maximum absolute atomic E-state index is 14.7. The molecule has 20 rings (SSSR count). The lowest BCUT2D eigenvalue weighted by Crippen LogP contribution is -1.99. The zero-order chi connectivity index (χ0) is 91.8. The molecule has 0 saturated heterocycles. The van der Waals surface area contributed by atoms with Crippen LogP contribution in [0.15, 0.2) is 243 Å². The number of pyridine rings is 2. The van der Waals surface area contributed by atoms with E-state index in [9.17, 15) is 25.4 Å². The molecule has 0 fully saturated rings. The molecule has 0 spiro atoms. The van der Waals surface area contributed by atoms with E-state index in [4.69, 9.17) is 71.6 Å². The van der Waals surface area contributed by atoms with Crippen molar-refractivity contribution in [1.29, 1.82) is 26.3 Å². The van der Waals surface area contributed by atoms with E-state index in [2.05, 4.69) is 90.4 Å². The second-order valence-corrected chi connectivity index (χ2v) is 33.6. The van der Waals surface area contributed by atoms with Crippen molar-refractivity contribution in [2.24, 2.45) is 0 Å². The Morgan fingerprint density at radius 1 is 0.298 bits per heavy atom. The van der Waals surface area contributed by atoms with E-state index < -0.39 is 5.82 Å². The first-order valence-corrected chi connectivity index (χ1v) is 43.7. The lowest BCUT2D eigenvalue weighted by Gasteiger charge is -2.13. The summed E-state index contributed by atoms with van der Waals surface area (Å²) in [4.78, 5) is 63.7. The second-order valence-electron chi connectivity index (χ2n) is 30.2. The van der Waals surface area contributed by atoms with E-state index in [1.54, 1.807) is 97.9 Å². The number of fused-ring (bicyclic) bond motifs is 5. The highest BCUT2D eigenvalue weighted by molar-refractivity contribution is 7.17. The minimum atomic E-state index is -0.610. The van der Waals surface area contributed by atoms with Gasteiger partial charge >= 0.3 is 0 Å². The molecule has 0 radical (unpaired) electrons. The van der Waals surface area contributed by atoms with Gasteiger partial charge in [0.25, 0.3) is 0 Å². The molecule has 1 N–H and O–H groups in total. The molecule has 632 valence electrons. The summed E-state index contributed by atoms with van der Waals surface area (Å²) in [7, 11) is 0. The lowest BCUT2D eigenvalue weighted by molar-refractivity contribution is 0.626. The van der Waals surface area contributed by atoms with Crippen molar-refractivity contribution in [2.45, 2.75) is 62.3 Å². The summed E-state index contributed by atoms with van der Waals surface area (Å²) in [6, 6.07) is 67.2. The quantitative estimate of drug-likeness (QED) is 0.133. The zero-order valence-electron chi connectivity index (χ0n) is 71.2. The monoisotopic (exact) mass is 1820 g/mol. The Balaban J connectivity index is 0.000000120. The Morgan fingerprint density at radius 2 is 0.634 bits per heavy atom. The van der Waals surface area contributed by atoms with Crippen LogP contribution in [-0.2, 0) is 0 Å². The number of aromatic nitrogens is 16. The molecule has 0 saturated carbocycles. The maximum Gasteiger partial charge on any atom is 0.150 e. The molecule has 10 heterocycles. The van der Waals surface area contributed by atoms with E-state index >= 15 is 0 Å². The van der Waals surface area contributed by atoms with Crippen molar-refractivity contribution in [3.05, 3.63) is 347 Å². The predicted molar refractivity (Wildman–Crippen MR) is 517 cm³/mol. The minimum absolute atomic E-state index is 0.0345. The third kappa shape index (κ3) is 18.6. The molecule has 10 aromatic carbocycles. The average molecular weight is 1820 g/mol. The normalized spacial score (nSPS) is 10.8. The van der Waals surface area contributed by atoms with E-state index in [0.717, 1.165) is 194 Å². The highest BCUT2D eigenvalue weighted by atomic mass is 35.5. The van der Waals surface area contributed by atoms with Crippen molar-refractivity contribution < 1.29 is 4.39 Å². The second kappa shape index (κ2) is 38.8. The van der Waals surface area contributed by atoms with Crippen LogP contribution in [0.1, 0.15) is 78.5 Å². The smallest absolute Gasteiger partial charge is 0.150 e. The third-order valence-electron chi connectivity index (χ3n) is 21.6. The van der Waals surface area contributed by atoms with E-state index in [0.29, 0.717) is 59.4 Å². The molecule has 21 nitrogen and oxygen atoms in total. The third-order valence-corrected chi connectivity index (χ3v) is 24.3. The Morgan fingerprint density at radius 3 is 1.05 bits per heavy atom. The van der Waals surface area contributed by atoms with Crippen LogP contribution >= 0.6 is 69.1 Å². The highest BCUT2D eigenvalue weighted by Crippen LogP contribution is 2.43. The number of nitriles is 5. The van der Waals surface area contributed by atoms with Crippen molar-refractivity contribution in [2.75, 3.05) is 0 Å². The molecule has 28 heteroatoms. The van der Waals surface area contributed by atoms with Gasteiger partial charge in [0.15, 0.2) is 0 Å². The number of halogens is 5. The lowest BCUT2D eigenvalue weighted by atomic mass is 9.96. The Hall–Kier alpha value is -15.8. The van der Waals surface area contributed by atoms with E-state index in [-0.39, 0.29) is 11.1 Å². The predicted octanol–water partition coefficient (Wildman–Crippen LogP) is 26.1. The number of hydrogen-bond acceptors (Lipinski definition) is 22. The van der Waals surface area contributed by atoms with Gasteiger partial charge in [0, 0.05) is 115 Å². The summed E-state index contributed by atoms with van der Waals surface area (Å²) in [6.07, 6.45) is 13.9. The van der Waals surface area contributed by atoms with Gasteiger partial charge in [0.1, 0.15) is 11.9 Å². The van der Waals surface area contributed by atoms with Crippen LogP contribution in [0.25, 0.3) is 166 Å². The van der Waals surface area contributed by atoms with Gasteiger partial charge in [0.2, 0.25) is 0 Å². The number of benzene rings is 10. The van der Waals surface area contributed by atoms with Gasteiger partial charge in [-0.05, 0) is 194 Å². The Bertz CT molecular complexity index is 7730. The first kappa shape index (κ1) is 88.6. The molecule has 0 aliphatic rings. The number of nitrogens with zero attached hydrogens (tertiary/aromatic N) is 20. The fraction of sp³-hybridized carbons (Fsp3) is 0.0874. The summed E-state index contributed by atoms with van der Waals surface area (Å²) in [6.45, 7) is 17.2. The molecule has 131 heavy (non-hydrogen) atoms. The van der Waals surface area contributed by atoms with Crippen molar-refractivity contribution in [3.63, 3.8) is 0 Å². The fourth-order valence-electron chi connectivity index (χ4n) is 15.0. The molecule has 0 amide bonds. The van der Waals surface area contributed by atoms with Crippen molar-refractivity contribution >= 4 is 122 Å². The highest BCUT2D eigenvalue weighted by Gasteiger charge is 2.25. The van der Waals surface area contributed by atoms with Gasteiger partial charge in [-0.25, -0.2) is 39.3 Å². The number of nitrogens with one attached hydrogen (secondary N) is 1. The molecule has 0 aliphatic heterocycles. The largest absolute Gasteiger partial charge is 0.276 e. The topological polar surface area (TPSA) is 328 Å². The Labute approximate surface area is 779 Å². The van der Waals surface area contributed by atoms with Crippen LogP contribution in [0.4, 0.5) is 4.39 Å². The molecule has 10 aromatic heterocycles. The molecule has 0 bridgehead atoms. The van der Waals surface area contributed by atoms with Crippen molar-refractivity contribution in [3.8, 4) is 143 Å². The standard InChI is InChI=1S/C22H15ClN4.C22H16N4.C20H14ClN5.C20H13ClN4S.C19H10ClFN4S/c1-13-12-26-21(17-9-15-6-4-8-25-20(15)19(23)10-17)22(27-13)18-7-3-5-16(11-24)14(18)2;1-14-13-25-21(17-8-9-20-16(11-17)6-4-10-24-20)22(26-14)19-7-3-5-18(12-23)15(19)2;1-11-9-23-19(14-6-15-10-24-26-18(15)17(21)7-14)20(25-11)16-5-3-4-13(8-22)12(16)2;1-11-9-23-18(14-6-16(21)20-17(7-14)26-10-24-20)19(25-11)15-5-3-4-13(8-22)12(15)2;1-10-8-23-17(12-5-14(20)19-15(6-12)26-9-24-19)18(25-10)13-4-2-3-11(7-22)16(13)21/h3-10,12H,1-2H3;3-11,13H,1-2H3;3-7,9-10H,1-2H3,(H,24,26);3-7,9-10H,1-2H3;2-6,8-9H,1H3. The van der Waals surface area contributed by atoms with Gasteiger partial charge in [-0.2, -0.15) is 31.4 Å². The van der Waals surface area contributed by atoms with Crippen LogP contribution in [0, 0.1) is 125 Å².